The molecule has 0 bridgehead atoms. The Labute approximate surface area is 146 Å². The number of anilines is 2. The number of aromatic nitrogens is 2. The summed E-state index contributed by atoms with van der Waals surface area (Å²) in [4.78, 5) is 23.9. The minimum Gasteiger partial charge on any atom is -0.325 e. The molecule has 6 nitrogen and oxygen atoms in total. The molecule has 0 unspecified atom stereocenters. The fourth-order valence-corrected chi connectivity index (χ4v) is 2.78. The lowest BCUT2D eigenvalue weighted by Crippen LogP contribution is -2.20. The van der Waals surface area contributed by atoms with E-state index in [4.69, 9.17) is 0 Å². The molecule has 0 fully saturated rings. The van der Waals surface area contributed by atoms with Crippen LogP contribution in [0.2, 0.25) is 0 Å². The summed E-state index contributed by atoms with van der Waals surface area (Å²) in [6, 6.07) is 9.54. The van der Waals surface area contributed by atoms with Crippen LogP contribution in [0.5, 0.6) is 0 Å². The first kappa shape index (κ1) is 18.1. The van der Waals surface area contributed by atoms with Gasteiger partial charge in [-0.05, 0) is 38.5 Å². The third-order valence-corrected chi connectivity index (χ3v) is 4.13. The van der Waals surface area contributed by atoms with Gasteiger partial charge in [-0.15, -0.1) is 11.8 Å². The van der Waals surface area contributed by atoms with Crippen molar-refractivity contribution >= 4 is 35.1 Å². The van der Waals surface area contributed by atoms with E-state index in [1.165, 1.54) is 11.8 Å². The summed E-state index contributed by atoms with van der Waals surface area (Å²) in [5, 5.41) is 9.79. The maximum atomic E-state index is 12.0. The molecule has 1 aromatic carbocycles. The minimum atomic E-state index is -0.147. The van der Waals surface area contributed by atoms with E-state index >= 15 is 0 Å². The molecule has 0 saturated carbocycles. The van der Waals surface area contributed by atoms with Crippen LogP contribution in [-0.4, -0.2) is 33.1 Å². The van der Waals surface area contributed by atoms with E-state index in [2.05, 4.69) is 15.7 Å². The summed E-state index contributed by atoms with van der Waals surface area (Å²) in [6.45, 7) is 5.96. The smallest absolute Gasteiger partial charge is 0.235 e. The van der Waals surface area contributed by atoms with Gasteiger partial charge in [0, 0.05) is 17.8 Å². The van der Waals surface area contributed by atoms with Crippen molar-refractivity contribution in [3.05, 3.63) is 42.1 Å². The predicted octanol–water partition coefficient (Wildman–Crippen LogP) is 3.08. The van der Waals surface area contributed by atoms with Gasteiger partial charge in [-0.1, -0.05) is 12.1 Å². The van der Waals surface area contributed by atoms with Crippen LogP contribution in [0.1, 0.15) is 25.5 Å². The Morgan fingerprint density at radius 2 is 1.88 bits per heavy atom. The Morgan fingerprint density at radius 1 is 1.17 bits per heavy atom. The van der Waals surface area contributed by atoms with E-state index < -0.39 is 0 Å². The van der Waals surface area contributed by atoms with E-state index in [1.54, 1.807) is 16.9 Å². The number of carbonyl (C=O) groups is 2. The summed E-state index contributed by atoms with van der Waals surface area (Å²) in [6.07, 6.45) is 1.65. The van der Waals surface area contributed by atoms with Gasteiger partial charge in [0.2, 0.25) is 11.8 Å². The molecular formula is C17H22N4O2S. The standard InChI is InChI=1S/C17H22N4O2S/c1-12(2)21-15(7-8-18-21)20-17(23)11-24-10-16(22)19-14-6-4-5-13(3)9-14/h4-9,12H,10-11H2,1-3H3,(H,19,22)(H,20,23). The molecule has 1 aromatic heterocycles. The average molecular weight is 346 g/mol. The SMILES string of the molecule is Cc1cccc(NC(=O)CSCC(=O)Nc2ccnn2C(C)C)c1. The van der Waals surface area contributed by atoms with E-state index in [9.17, 15) is 9.59 Å². The van der Waals surface area contributed by atoms with E-state index in [0.29, 0.717) is 5.82 Å². The number of benzene rings is 1. The molecule has 2 amide bonds. The Balaban J connectivity index is 1.74. The number of nitrogens with zero attached hydrogens (tertiary/aromatic N) is 2. The number of amides is 2. The molecule has 0 aliphatic heterocycles. The second-order valence-electron chi connectivity index (χ2n) is 5.71. The van der Waals surface area contributed by atoms with Crippen molar-refractivity contribution in [2.75, 3.05) is 22.1 Å². The molecule has 1 heterocycles. The molecular weight excluding hydrogens is 324 g/mol. The normalized spacial score (nSPS) is 10.7. The highest BCUT2D eigenvalue weighted by molar-refractivity contribution is 8.00. The van der Waals surface area contributed by atoms with Gasteiger partial charge in [0.25, 0.3) is 0 Å². The van der Waals surface area contributed by atoms with Crippen LogP contribution in [0.15, 0.2) is 36.5 Å². The second kappa shape index (κ2) is 8.54. The number of aryl methyl sites for hydroxylation is 1. The maximum Gasteiger partial charge on any atom is 0.235 e. The van der Waals surface area contributed by atoms with Crippen LogP contribution in [0, 0.1) is 6.92 Å². The van der Waals surface area contributed by atoms with Crippen molar-refractivity contribution < 1.29 is 9.59 Å². The van der Waals surface area contributed by atoms with Crippen LogP contribution in [0.3, 0.4) is 0 Å². The third kappa shape index (κ3) is 5.42. The summed E-state index contributed by atoms with van der Waals surface area (Å²) in [5.41, 5.74) is 1.85. The number of hydrogen-bond acceptors (Lipinski definition) is 4. The fourth-order valence-electron chi connectivity index (χ4n) is 2.16. The molecule has 0 saturated heterocycles. The molecule has 0 radical (unpaired) electrons. The Hall–Kier alpha value is -2.28. The lowest BCUT2D eigenvalue weighted by Gasteiger charge is -2.11. The first-order valence-electron chi connectivity index (χ1n) is 7.73. The van der Waals surface area contributed by atoms with Crippen LogP contribution in [0.4, 0.5) is 11.5 Å². The first-order chi connectivity index (χ1) is 11.5. The van der Waals surface area contributed by atoms with Gasteiger partial charge < -0.3 is 10.6 Å². The van der Waals surface area contributed by atoms with Gasteiger partial charge in [-0.2, -0.15) is 5.10 Å². The van der Waals surface area contributed by atoms with Crippen LogP contribution >= 0.6 is 11.8 Å². The zero-order valence-electron chi connectivity index (χ0n) is 14.1. The number of rotatable bonds is 7. The maximum absolute atomic E-state index is 12.0. The van der Waals surface area contributed by atoms with Crippen LogP contribution in [0.25, 0.3) is 0 Å². The number of carbonyl (C=O) groups excluding carboxylic acids is 2. The van der Waals surface area contributed by atoms with Crippen LogP contribution < -0.4 is 10.6 Å². The lowest BCUT2D eigenvalue weighted by molar-refractivity contribution is -0.114. The average Bonchev–Trinajstić information content (AvgIpc) is 2.95. The van der Waals surface area contributed by atoms with Crippen molar-refractivity contribution in [1.29, 1.82) is 0 Å². The number of hydrogen-bond donors (Lipinski definition) is 2. The van der Waals surface area contributed by atoms with Crippen molar-refractivity contribution in [3.63, 3.8) is 0 Å². The summed E-state index contributed by atoms with van der Waals surface area (Å²) < 4.78 is 1.74. The minimum absolute atomic E-state index is 0.120. The van der Waals surface area contributed by atoms with E-state index in [1.807, 2.05) is 45.0 Å². The van der Waals surface area contributed by atoms with Crippen molar-refractivity contribution in [2.24, 2.45) is 0 Å². The van der Waals surface area contributed by atoms with E-state index in [0.717, 1.165) is 11.3 Å². The van der Waals surface area contributed by atoms with Crippen molar-refractivity contribution in [2.45, 2.75) is 26.8 Å². The topological polar surface area (TPSA) is 76.0 Å². The molecule has 0 aliphatic rings. The molecule has 128 valence electrons. The second-order valence-corrected chi connectivity index (χ2v) is 6.70. The monoisotopic (exact) mass is 346 g/mol. The van der Waals surface area contributed by atoms with Gasteiger partial charge in [0.05, 0.1) is 17.7 Å². The predicted molar refractivity (Wildman–Crippen MR) is 98.4 cm³/mol. The van der Waals surface area contributed by atoms with Crippen molar-refractivity contribution in [1.82, 2.24) is 9.78 Å². The Kier molecular flexibility index (Phi) is 6.43. The number of thioether (sulfide) groups is 1. The summed E-state index contributed by atoms with van der Waals surface area (Å²) in [5.74, 6) is 0.839. The zero-order chi connectivity index (χ0) is 17.5. The van der Waals surface area contributed by atoms with Gasteiger partial charge in [-0.25, -0.2) is 4.68 Å². The summed E-state index contributed by atoms with van der Waals surface area (Å²) in [7, 11) is 0. The molecule has 2 N–H and O–H groups in total. The van der Waals surface area contributed by atoms with Gasteiger partial charge in [0.1, 0.15) is 5.82 Å². The Morgan fingerprint density at radius 3 is 2.54 bits per heavy atom. The van der Waals surface area contributed by atoms with Crippen LogP contribution in [-0.2, 0) is 9.59 Å². The highest BCUT2D eigenvalue weighted by Gasteiger charge is 2.10. The molecule has 24 heavy (non-hydrogen) atoms. The molecule has 2 rings (SSSR count). The Bertz CT molecular complexity index is 712. The largest absolute Gasteiger partial charge is 0.325 e. The molecule has 0 atom stereocenters. The summed E-state index contributed by atoms with van der Waals surface area (Å²) >= 11 is 1.28. The quantitative estimate of drug-likeness (QED) is 0.808. The third-order valence-electron chi connectivity index (χ3n) is 3.20. The first-order valence-corrected chi connectivity index (χ1v) is 8.89. The zero-order valence-corrected chi connectivity index (χ0v) is 14.9. The highest BCUT2D eigenvalue weighted by Crippen LogP contribution is 2.14. The van der Waals surface area contributed by atoms with Gasteiger partial charge in [0.15, 0.2) is 0 Å². The van der Waals surface area contributed by atoms with Gasteiger partial charge in [-0.3, -0.25) is 9.59 Å². The molecule has 2 aromatic rings. The molecule has 0 aliphatic carbocycles. The van der Waals surface area contributed by atoms with Crippen molar-refractivity contribution in [3.8, 4) is 0 Å². The lowest BCUT2D eigenvalue weighted by atomic mass is 10.2. The van der Waals surface area contributed by atoms with E-state index in [-0.39, 0.29) is 29.4 Å². The highest BCUT2D eigenvalue weighted by atomic mass is 32.2. The fraction of sp³-hybridized carbons (Fsp3) is 0.353. The molecule has 7 heteroatoms. The van der Waals surface area contributed by atoms with Gasteiger partial charge >= 0.3 is 0 Å². The molecule has 0 spiro atoms. The number of nitrogens with one attached hydrogen (secondary N) is 2.